The Morgan fingerprint density at radius 1 is 1.43 bits per heavy atom. The normalized spacial score (nSPS) is 26.6. The number of aromatic amines is 1. The summed E-state index contributed by atoms with van der Waals surface area (Å²) in [5.41, 5.74) is 3.88. The lowest BCUT2D eigenvalue weighted by Crippen LogP contribution is -1.84. The molecule has 0 amide bonds. The van der Waals surface area contributed by atoms with Crippen molar-refractivity contribution in [3.05, 3.63) is 47.8 Å². The average Bonchev–Trinajstić information content (AvgIpc) is 2.63. The summed E-state index contributed by atoms with van der Waals surface area (Å²) in [6.45, 7) is 2.13. The van der Waals surface area contributed by atoms with Crippen LogP contribution >= 0.6 is 0 Å². The monoisotopic (exact) mass is 186 g/mol. The van der Waals surface area contributed by atoms with Crippen molar-refractivity contribution < 1.29 is 0 Å². The molecule has 0 bridgehead atoms. The zero-order valence-electron chi connectivity index (χ0n) is 8.33. The van der Waals surface area contributed by atoms with Crippen molar-refractivity contribution in [3.8, 4) is 0 Å². The highest BCUT2D eigenvalue weighted by Gasteiger charge is 2.02. The lowest BCUT2D eigenvalue weighted by atomic mass is 10.0. The Labute approximate surface area is 84.0 Å². The third-order valence-corrected chi connectivity index (χ3v) is 2.41. The number of hydrogen-bond donors (Lipinski definition) is 1. The van der Waals surface area contributed by atoms with Gasteiger partial charge in [0.2, 0.25) is 0 Å². The van der Waals surface area contributed by atoms with E-state index in [1.165, 1.54) is 16.7 Å². The largest absolute Gasteiger partial charge is 0.285 e. The van der Waals surface area contributed by atoms with Crippen molar-refractivity contribution in [3.63, 3.8) is 0 Å². The summed E-state index contributed by atoms with van der Waals surface area (Å²) < 4.78 is 0. The number of H-pyrrole nitrogens is 1. The minimum absolute atomic E-state index is 1.08. The molecular weight excluding hydrogens is 172 g/mol. The lowest BCUT2D eigenvalue weighted by molar-refractivity contribution is 1.05. The van der Waals surface area contributed by atoms with E-state index in [9.17, 15) is 0 Å². The van der Waals surface area contributed by atoms with E-state index in [1.54, 1.807) is 0 Å². The zero-order valence-corrected chi connectivity index (χ0v) is 8.33. The van der Waals surface area contributed by atoms with Crippen molar-refractivity contribution >= 4 is 5.57 Å². The van der Waals surface area contributed by atoms with Crippen LogP contribution in [-0.4, -0.2) is 10.2 Å². The molecular formula is C12H14N2. The highest BCUT2D eigenvalue weighted by molar-refractivity contribution is 5.66. The summed E-state index contributed by atoms with van der Waals surface area (Å²) in [5, 5.41) is 6.80. The summed E-state index contributed by atoms with van der Waals surface area (Å²) in [5.74, 6) is 0. The first kappa shape index (κ1) is 9.00. The molecule has 0 radical (unpaired) electrons. The molecule has 72 valence electrons. The maximum atomic E-state index is 3.96. The van der Waals surface area contributed by atoms with Crippen LogP contribution in [0.25, 0.3) is 5.57 Å². The number of aromatic nitrogens is 2. The SMILES string of the molecule is CC1=C/CC/C(c2cn[nH]c2)=C/C=C\1. The Hall–Kier alpha value is -1.57. The Morgan fingerprint density at radius 2 is 2.36 bits per heavy atom. The predicted molar refractivity (Wildman–Crippen MR) is 58.7 cm³/mol. The molecule has 1 aromatic rings. The number of allylic oxidation sites excluding steroid dienone is 6. The molecule has 1 aliphatic rings. The molecule has 1 aliphatic carbocycles. The van der Waals surface area contributed by atoms with Gasteiger partial charge in [0.1, 0.15) is 0 Å². The van der Waals surface area contributed by atoms with Crippen molar-refractivity contribution in [1.82, 2.24) is 10.2 Å². The zero-order chi connectivity index (χ0) is 9.80. The van der Waals surface area contributed by atoms with Gasteiger partial charge in [0, 0.05) is 11.8 Å². The van der Waals surface area contributed by atoms with Crippen LogP contribution in [0, 0.1) is 0 Å². The molecule has 2 heteroatoms. The minimum atomic E-state index is 1.08. The second-order valence-corrected chi connectivity index (χ2v) is 3.52. The van der Waals surface area contributed by atoms with Gasteiger partial charge >= 0.3 is 0 Å². The molecule has 0 atom stereocenters. The fraction of sp³-hybridized carbons (Fsp3) is 0.250. The van der Waals surface area contributed by atoms with Crippen LogP contribution < -0.4 is 0 Å². The number of hydrogen-bond acceptors (Lipinski definition) is 1. The first-order valence-electron chi connectivity index (χ1n) is 4.89. The fourth-order valence-electron chi connectivity index (χ4n) is 1.59. The van der Waals surface area contributed by atoms with Gasteiger partial charge in [-0.2, -0.15) is 5.10 Å². The second-order valence-electron chi connectivity index (χ2n) is 3.52. The van der Waals surface area contributed by atoms with E-state index in [4.69, 9.17) is 0 Å². The van der Waals surface area contributed by atoms with E-state index in [0.717, 1.165) is 12.8 Å². The van der Waals surface area contributed by atoms with Crippen LogP contribution in [0.1, 0.15) is 25.3 Å². The smallest absolute Gasteiger partial charge is 0.0562 e. The van der Waals surface area contributed by atoms with E-state index in [2.05, 4.69) is 41.4 Å². The Balaban J connectivity index is 2.23. The third kappa shape index (κ3) is 2.02. The van der Waals surface area contributed by atoms with Gasteiger partial charge in [-0.3, -0.25) is 5.10 Å². The van der Waals surface area contributed by atoms with Gasteiger partial charge in [-0.25, -0.2) is 0 Å². The Bertz CT molecular complexity index is 380. The summed E-state index contributed by atoms with van der Waals surface area (Å²) in [6, 6.07) is 0. The third-order valence-electron chi connectivity index (χ3n) is 2.41. The van der Waals surface area contributed by atoms with E-state index in [0.29, 0.717) is 0 Å². The standard InChI is InChI=1S/C12H14N2/c1-10-4-2-6-11(7-3-5-10)12-8-13-14-9-12/h2,4-6,8-9H,3,7H2,1H3,(H,13,14)/b4-2-,10-5-,11-6-. The quantitative estimate of drug-likeness (QED) is 0.717. The lowest BCUT2D eigenvalue weighted by Gasteiger charge is -2.04. The van der Waals surface area contributed by atoms with Gasteiger partial charge in [0.15, 0.2) is 0 Å². The highest BCUT2D eigenvalue weighted by atomic mass is 15.1. The number of nitrogens with one attached hydrogen (secondary N) is 1. The molecule has 0 spiro atoms. The maximum Gasteiger partial charge on any atom is 0.0562 e. The van der Waals surface area contributed by atoms with Crippen molar-refractivity contribution in [2.45, 2.75) is 19.8 Å². The Kier molecular flexibility index (Phi) is 2.63. The van der Waals surface area contributed by atoms with Gasteiger partial charge in [0.25, 0.3) is 0 Å². The van der Waals surface area contributed by atoms with Crippen molar-refractivity contribution in [2.24, 2.45) is 0 Å². The highest BCUT2D eigenvalue weighted by Crippen LogP contribution is 2.21. The molecule has 2 rings (SSSR count). The molecule has 14 heavy (non-hydrogen) atoms. The van der Waals surface area contributed by atoms with Gasteiger partial charge in [-0.15, -0.1) is 0 Å². The molecule has 0 saturated heterocycles. The Morgan fingerprint density at radius 3 is 3.14 bits per heavy atom. The van der Waals surface area contributed by atoms with Gasteiger partial charge in [0.05, 0.1) is 6.20 Å². The molecule has 1 aromatic heterocycles. The van der Waals surface area contributed by atoms with Gasteiger partial charge in [-0.1, -0.05) is 29.9 Å². The maximum absolute atomic E-state index is 3.96. The van der Waals surface area contributed by atoms with E-state index in [-0.39, 0.29) is 0 Å². The molecule has 2 nitrogen and oxygen atoms in total. The molecule has 0 unspecified atom stereocenters. The summed E-state index contributed by atoms with van der Waals surface area (Å²) >= 11 is 0. The van der Waals surface area contributed by atoms with Gasteiger partial charge < -0.3 is 0 Å². The minimum Gasteiger partial charge on any atom is -0.285 e. The van der Waals surface area contributed by atoms with Crippen LogP contribution in [0.4, 0.5) is 0 Å². The molecule has 0 saturated carbocycles. The fourth-order valence-corrected chi connectivity index (χ4v) is 1.59. The topological polar surface area (TPSA) is 28.7 Å². The molecule has 1 heterocycles. The van der Waals surface area contributed by atoms with Gasteiger partial charge in [-0.05, 0) is 25.3 Å². The summed E-state index contributed by atoms with van der Waals surface area (Å²) in [6.07, 6.45) is 14.7. The number of nitrogens with zero attached hydrogens (tertiary/aromatic N) is 1. The van der Waals surface area contributed by atoms with E-state index < -0.39 is 0 Å². The van der Waals surface area contributed by atoms with E-state index >= 15 is 0 Å². The number of rotatable bonds is 1. The second kappa shape index (κ2) is 4.09. The van der Waals surface area contributed by atoms with Crippen molar-refractivity contribution in [1.29, 1.82) is 0 Å². The first-order chi connectivity index (χ1) is 6.86. The van der Waals surface area contributed by atoms with Crippen LogP contribution in [-0.2, 0) is 0 Å². The molecule has 1 N–H and O–H groups in total. The summed E-state index contributed by atoms with van der Waals surface area (Å²) in [4.78, 5) is 0. The average molecular weight is 186 g/mol. The molecule has 0 fully saturated rings. The summed E-state index contributed by atoms with van der Waals surface area (Å²) in [7, 11) is 0. The van der Waals surface area contributed by atoms with Crippen molar-refractivity contribution in [2.75, 3.05) is 0 Å². The van der Waals surface area contributed by atoms with Crippen LogP contribution in [0.5, 0.6) is 0 Å². The van der Waals surface area contributed by atoms with Crippen LogP contribution in [0.15, 0.2) is 42.3 Å². The van der Waals surface area contributed by atoms with Crippen LogP contribution in [0.3, 0.4) is 0 Å². The van der Waals surface area contributed by atoms with E-state index in [1.807, 2.05) is 12.4 Å². The van der Waals surface area contributed by atoms with Crippen LogP contribution in [0.2, 0.25) is 0 Å². The molecule has 0 aromatic carbocycles. The first-order valence-corrected chi connectivity index (χ1v) is 4.89. The predicted octanol–water partition coefficient (Wildman–Crippen LogP) is 3.09. The molecule has 0 aliphatic heterocycles.